The number of fused-ring (bicyclic) bond motifs is 1. The molecule has 0 aliphatic heterocycles. The topological polar surface area (TPSA) is 83.8 Å². The fourth-order valence-electron chi connectivity index (χ4n) is 2.83. The smallest absolute Gasteiger partial charge is 0.416 e. The van der Waals surface area contributed by atoms with Crippen molar-refractivity contribution in [3.63, 3.8) is 0 Å². The molecule has 4 aromatic rings. The van der Waals surface area contributed by atoms with E-state index in [2.05, 4.69) is 20.3 Å². The normalized spacial score (nSPS) is 11.7. The van der Waals surface area contributed by atoms with Gasteiger partial charge in [0.15, 0.2) is 5.58 Å². The molecular formula is C20H15F3N4O2. The molecule has 29 heavy (non-hydrogen) atoms. The van der Waals surface area contributed by atoms with E-state index in [0.29, 0.717) is 35.2 Å². The average molecular weight is 400 g/mol. The number of hydrogen-bond donors (Lipinski definition) is 2. The molecule has 0 saturated heterocycles. The number of hydrogen-bond acceptors (Lipinski definition) is 4. The quantitative estimate of drug-likeness (QED) is 0.526. The van der Waals surface area contributed by atoms with E-state index in [-0.39, 0.29) is 11.8 Å². The van der Waals surface area contributed by atoms with Crippen molar-refractivity contribution in [3.8, 4) is 11.5 Å². The van der Waals surface area contributed by atoms with Gasteiger partial charge in [0.05, 0.1) is 11.9 Å². The lowest BCUT2D eigenvalue weighted by Crippen LogP contribution is -2.25. The van der Waals surface area contributed by atoms with Crippen molar-refractivity contribution in [1.82, 2.24) is 20.3 Å². The molecule has 4 rings (SSSR count). The monoisotopic (exact) mass is 400 g/mol. The number of aromatic nitrogens is 3. The number of rotatable bonds is 5. The summed E-state index contributed by atoms with van der Waals surface area (Å²) < 4.78 is 43.7. The Bertz CT molecular complexity index is 1130. The van der Waals surface area contributed by atoms with Gasteiger partial charge in [0.25, 0.3) is 5.91 Å². The third kappa shape index (κ3) is 4.13. The second-order valence-electron chi connectivity index (χ2n) is 6.36. The molecule has 0 unspecified atom stereocenters. The van der Waals surface area contributed by atoms with Crippen molar-refractivity contribution in [3.05, 3.63) is 71.8 Å². The van der Waals surface area contributed by atoms with Crippen LogP contribution in [0.15, 0.2) is 59.4 Å². The van der Waals surface area contributed by atoms with Crippen LogP contribution in [-0.4, -0.2) is 27.4 Å². The lowest BCUT2D eigenvalue weighted by atomic mass is 10.1. The van der Waals surface area contributed by atoms with Gasteiger partial charge in [-0.05, 0) is 42.5 Å². The molecule has 2 heterocycles. The highest BCUT2D eigenvalue weighted by Gasteiger charge is 2.30. The number of alkyl halides is 3. The van der Waals surface area contributed by atoms with Crippen LogP contribution in [0.1, 0.15) is 21.6 Å². The maximum atomic E-state index is 12.7. The molecule has 2 aromatic heterocycles. The minimum absolute atomic E-state index is 0.186. The van der Waals surface area contributed by atoms with E-state index in [9.17, 15) is 18.0 Å². The van der Waals surface area contributed by atoms with Gasteiger partial charge in [0.2, 0.25) is 5.89 Å². The molecule has 148 valence electrons. The van der Waals surface area contributed by atoms with Crippen LogP contribution in [-0.2, 0) is 12.6 Å². The zero-order valence-corrected chi connectivity index (χ0v) is 15.0. The van der Waals surface area contributed by atoms with E-state index in [0.717, 1.165) is 17.8 Å². The van der Waals surface area contributed by atoms with Gasteiger partial charge in [0.1, 0.15) is 5.52 Å². The summed E-state index contributed by atoms with van der Waals surface area (Å²) in [5.74, 6) is -0.0731. The molecule has 0 bridgehead atoms. The lowest BCUT2D eigenvalue weighted by molar-refractivity contribution is -0.137. The standard InChI is InChI=1S/C20H15F3N4O2/c21-20(22,23)14-4-1-12(2-5-14)19-27-16-9-13(3-6-17(16)29-19)18(28)25-8-7-15-10-24-11-26-15/h1-6,9-11H,7-8H2,(H,24,26)(H,25,28). The largest absolute Gasteiger partial charge is 0.436 e. The SMILES string of the molecule is O=C(NCCc1cnc[nH]1)c1ccc2oc(-c3ccc(C(F)(F)F)cc3)nc2c1. The number of carbonyl (C=O) groups is 1. The van der Waals surface area contributed by atoms with Crippen LogP contribution in [0.5, 0.6) is 0 Å². The number of carbonyl (C=O) groups excluding carboxylic acids is 1. The van der Waals surface area contributed by atoms with Crippen molar-refractivity contribution in [1.29, 1.82) is 0 Å². The minimum atomic E-state index is -4.40. The maximum Gasteiger partial charge on any atom is 0.416 e. The van der Waals surface area contributed by atoms with Crippen molar-refractivity contribution in [2.75, 3.05) is 6.54 Å². The first-order valence-electron chi connectivity index (χ1n) is 8.74. The average Bonchev–Trinajstić information content (AvgIpc) is 3.36. The lowest BCUT2D eigenvalue weighted by Gasteiger charge is -2.05. The molecule has 9 heteroatoms. The summed E-state index contributed by atoms with van der Waals surface area (Å²) in [6, 6.07) is 9.35. The number of benzene rings is 2. The van der Waals surface area contributed by atoms with Crippen molar-refractivity contribution < 1.29 is 22.4 Å². The molecule has 1 amide bonds. The van der Waals surface area contributed by atoms with Crippen LogP contribution in [0.25, 0.3) is 22.6 Å². The summed E-state index contributed by atoms with van der Waals surface area (Å²) in [6.45, 7) is 0.439. The Morgan fingerprint density at radius 2 is 1.93 bits per heavy atom. The Kier molecular flexibility index (Phi) is 4.79. The van der Waals surface area contributed by atoms with Gasteiger partial charge >= 0.3 is 6.18 Å². The first-order chi connectivity index (χ1) is 13.9. The van der Waals surface area contributed by atoms with Crippen LogP contribution >= 0.6 is 0 Å². The third-order valence-corrected chi connectivity index (χ3v) is 4.34. The van der Waals surface area contributed by atoms with Crippen molar-refractivity contribution in [2.45, 2.75) is 12.6 Å². The zero-order valence-electron chi connectivity index (χ0n) is 15.0. The molecule has 0 aliphatic rings. The van der Waals surface area contributed by atoms with Gasteiger partial charge < -0.3 is 14.7 Å². The highest BCUT2D eigenvalue weighted by atomic mass is 19.4. The van der Waals surface area contributed by atoms with Crippen molar-refractivity contribution >= 4 is 17.0 Å². The Balaban J connectivity index is 1.49. The van der Waals surface area contributed by atoms with Gasteiger partial charge in [-0.3, -0.25) is 4.79 Å². The van der Waals surface area contributed by atoms with Gasteiger partial charge in [-0.2, -0.15) is 13.2 Å². The van der Waals surface area contributed by atoms with E-state index >= 15 is 0 Å². The Hall–Kier alpha value is -3.62. The predicted octanol–water partition coefficient (Wildman–Crippen LogP) is 4.21. The number of halogens is 3. The van der Waals surface area contributed by atoms with Gasteiger partial charge in [-0.25, -0.2) is 9.97 Å². The number of imidazole rings is 1. The summed E-state index contributed by atoms with van der Waals surface area (Å²) in [5, 5.41) is 2.81. The molecule has 2 aromatic carbocycles. The third-order valence-electron chi connectivity index (χ3n) is 4.34. The second-order valence-corrected chi connectivity index (χ2v) is 6.36. The van der Waals surface area contributed by atoms with Crippen LogP contribution in [0.2, 0.25) is 0 Å². The number of H-pyrrole nitrogens is 1. The summed E-state index contributed by atoms with van der Waals surface area (Å²) >= 11 is 0. The molecule has 0 aliphatic carbocycles. The van der Waals surface area contributed by atoms with Crippen LogP contribution in [0.3, 0.4) is 0 Å². The van der Waals surface area contributed by atoms with E-state index in [4.69, 9.17) is 4.42 Å². The van der Waals surface area contributed by atoms with Gasteiger partial charge in [-0.15, -0.1) is 0 Å². The highest BCUT2D eigenvalue weighted by molar-refractivity contribution is 5.97. The molecule has 0 atom stereocenters. The molecule has 0 fully saturated rings. The molecular weight excluding hydrogens is 385 g/mol. The fourth-order valence-corrected chi connectivity index (χ4v) is 2.83. The van der Waals surface area contributed by atoms with Crippen molar-refractivity contribution in [2.24, 2.45) is 0 Å². The summed E-state index contributed by atoms with van der Waals surface area (Å²) in [7, 11) is 0. The van der Waals surface area contributed by atoms with Crippen LogP contribution < -0.4 is 5.32 Å². The highest BCUT2D eigenvalue weighted by Crippen LogP contribution is 2.31. The van der Waals surface area contributed by atoms with Gasteiger partial charge in [0, 0.05) is 36.0 Å². The first-order valence-corrected chi connectivity index (χ1v) is 8.74. The number of amides is 1. The molecule has 0 radical (unpaired) electrons. The second kappa shape index (κ2) is 7.42. The van der Waals surface area contributed by atoms with E-state index < -0.39 is 11.7 Å². The van der Waals surface area contributed by atoms with Crippen LogP contribution in [0.4, 0.5) is 13.2 Å². The maximum absolute atomic E-state index is 12.7. The number of nitrogens with one attached hydrogen (secondary N) is 2. The fraction of sp³-hybridized carbons (Fsp3) is 0.150. The molecule has 0 spiro atoms. The van der Waals surface area contributed by atoms with E-state index in [1.54, 1.807) is 30.7 Å². The minimum Gasteiger partial charge on any atom is -0.436 e. The van der Waals surface area contributed by atoms with E-state index in [1.165, 1.54) is 12.1 Å². The predicted molar refractivity (Wildman–Crippen MR) is 99.1 cm³/mol. The first kappa shape index (κ1) is 18.7. The Morgan fingerprint density at radius 3 is 2.62 bits per heavy atom. The molecule has 2 N–H and O–H groups in total. The summed E-state index contributed by atoms with van der Waals surface area (Å²) in [6.07, 6.45) is -0.518. The van der Waals surface area contributed by atoms with Crippen LogP contribution in [0, 0.1) is 0 Å². The number of nitrogens with zero attached hydrogens (tertiary/aromatic N) is 2. The Labute approximate surface area is 162 Å². The molecule has 0 saturated carbocycles. The summed E-state index contributed by atoms with van der Waals surface area (Å²) in [5.41, 5.74) is 1.88. The number of oxazole rings is 1. The molecule has 6 nitrogen and oxygen atoms in total. The zero-order chi connectivity index (χ0) is 20.4. The van der Waals surface area contributed by atoms with E-state index in [1.807, 2.05) is 0 Å². The number of aromatic amines is 1. The Morgan fingerprint density at radius 1 is 1.14 bits per heavy atom. The summed E-state index contributed by atoms with van der Waals surface area (Å²) in [4.78, 5) is 23.5. The van der Waals surface area contributed by atoms with Gasteiger partial charge in [-0.1, -0.05) is 0 Å².